The van der Waals surface area contributed by atoms with Crippen molar-refractivity contribution in [3.8, 4) is 11.5 Å². The van der Waals surface area contributed by atoms with Crippen molar-refractivity contribution in [3.05, 3.63) is 188 Å². The van der Waals surface area contributed by atoms with E-state index in [0.717, 1.165) is 27.5 Å². The molecule has 1 atom stereocenters. The highest BCUT2D eigenvalue weighted by molar-refractivity contribution is 6.43. The van der Waals surface area contributed by atoms with Gasteiger partial charge in [-0.05, 0) is 85.1 Å². The highest BCUT2D eigenvalue weighted by Crippen LogP contribution is 2.40. The number of carbonyl (C=O) groups excluding carboxylic acids is 1. The number of hydrogen-bond acceptors (Lipinski definition) is 9. The first-order valence-corrected chi connectivity index (χ1v) is 18.8. The highest BCUT2D eigenvalue weighted by Gasteiger charge is 2.23. The number of fused-ring (bicyclic) bond motifs is 2. The molecule has 0 saturated carbocycles. The molecule has 9 nitrogen and oxygen atoms in total. The summed E-state index contributed by atoms with van der Waals surface area (Å²) in [6, 6.07) is 34.2. The molecule has 0 bridgehead atoms. The number of carbonyl (C=O) groups is 1. The Hall–Kier alpha value is -5.97. The van der Waals surface area contributed by atoms with Gasteiger partial charge in [0.05, 0.1) is 26.1 Å². The molecule has 0 saturated heterocycles. The number of nitrogen functional groups attached to an aromatic ring is 1. The average Bonchev–Trinajstić information content (AvgIpc) is 3.21. The number of aromatic hydroxyl groups is 2. The molecule has 4 aromatic heterocycles. The number of rotatable bonds is 5. The van der Waals surface area contributed by atoms with E-state index in [1.807, 2.05) is 92.7 Å². The van der Waals surface area contributed by atoms with Crippen molar-refractivity contribution in [2.75, 3.05) is 11.1 Å². The Morgan fingerprint density at radius 3 is 1.82 bits per heavy atom. The third-order valence-electron chi connectivity index (χ3n) is 8.25. The Morgan fingerprint density at radius 1 is 0.614 bits per heavy atom. The average molecular weight is 839 g/mol. The van der Waals surface area contributed by atoms with E-state index in [0.29, 0.717) is 60.2 Å². The van der Waals surface area contributed by atoms with Crippen molar-refractivity contribution in [1.29, 1.82) is 0 Å². The minimum atomic E-state index is -0.466. The van der Waals surface area contributed by atoms with E-state index in [1.165, 1.54) is 0 Å². The van der Waals surface area contributed by atoms with Gasteiger partial charge in [0.15, 0.2) is 6.29 Å². The number of benzene rings is 4. The van der Waals surface area contributed by atoms with Gasteiger partial charge in [-0.1, -0.05) is 107 Å². The van der Waals surface area contributed by atoms with Crippen LogP contribution in [0.15, 0.2) is 140 Å². The molecule has 1 unspecified atom stereocenters. The van der Waals surface area contributed by atoms with Crippen molar-refractivity contribution in [1.82, 2.24) is 19.9 Å². The summed E-state index contributed by atoms with van der Waals surface area (Å²) in [5, 5.41) is 27.1. The van der Waals surface area contributed by atoms with E-state index < -0.39 is 6.04 Å². The van der Waals surface area contributed by atoms with Crippen LogP contribution >= 0.6 is 46.4 Å². The molecule has 4 heterocycles. The Labute approximate surface area is 349 Å². The number of aromatic nitrogens is 4. The second-order valence-corrected chi connectivity index (χ2v) is 14.0. The SMILES string of the molecule is Cc1ccnc(N)c1.Cc1ccnc(NC(c2cccc(Cl)c2Cl)c2ccc3cccnc3c2O)c1.O=Cc1cccc(Cl)c1Cl.Oc1cccc2cccnc12. The summed E-state index contributed by atoms with van der Waals surface area (Å²) >= 11 is 24.0. The maximum atomic E-state index is 11.0. The number of phenolic OH excluding ortho intramolecular Hbond substituents is 2. The largest absolute Gasteiger partial charge is 0.506 e. The van der Waals surface area contributed by atoms with Gasteiger partial charge in [-0.2, -0.15) is 0 Å². The number of aryl methyl sites for hydroxylation is 2. The Kier molecular flexibility index (Phi) is 15.0. The van der Waals surface area contributed by atoms with Gasteiger partial charge in [0.2, 0.25) is 0 Å². The van der Waals surface area contributed by atoms with Gasteiger partial charge >= 0.3 is 0 Å². The second-order valence-electron chi connectivity index (χ2n) is 12.4. The molecule has 4 aromatic carbocycles. The van der Waals surface area contributed by atoms with Crippen LogP contribution in [0.3, 0.4) is 0 Å². The van der Waals surface area contributed by atoms with E-state index in [-0.39, 0.29) is 11.5 Å². The molecule has 0 aliphatic heterocycles. The number of nitrogens with zero attached hydrogens (tertiary/aromatic N) is 4. The monoisotopic (exact) mass is 836 g/mol. The molecule has 8 rings (SSSR count). The molecule has 13 heteroatoms. The lowest BCUT2D eigenvalue weighted by Gasteiger charge is -2.23. The Morgan fingerprint density at radius 2 is 1.21 bits per heavy atom. The van der Waals surface area contributed by atoms with Crippen molar-refractivity contribution < 1.29 is 15.0 Å². The van der Waals surface area contributed by atoms with Crippen LogP contribution < -0.4 is 11.1 Å². The van der Waals surface area contributed by atoms with E-state index in [2.05, 4.69) is 25.3 Å². The van der Waals surface area contributed by atoms with E-state index in [1.54, 1.807) is 61.2 Å². The zero-order valence-electron chi connectivity index (χ0n) is 30.6. The minimum absolute atomic E-state index is 0.0966. The maximum Gasteiger partial charge on any atom is 0.151 e. The third-order valence-corrected chi connectivity index (χ3v) is 9.91. The summed E-state index contributed by atoms with van der Waals surface area (Å²) in [7, 11) is 0. The van der Waals surface area contributed by atoms with Crippen molar-refractivity contribution >= 4 is 86.1 Å². The standard InChI is InChI=1S/C22H17Cl2N3O.C9H7NO.C7H4Cl2O.C6H8N2/c1-13-9-11-25-18(12-13)27-21(15-5-2-6-17(23)19(15)24)16-8-7-14-4-3-10-26-20(14)22(16)28;11-8-5-1-3-7-4-2-6-10-9(7)8;8-6-3-1-2-5(4-10)7(6)9;1-5-2-3-8-6(7)4-5/h2-12,21,28H,1H3,(H,25,27);1-6,11H;1-4H;2-4H,1H3,(H2,7,8). The molecule has 0 amide bonds. The molecule has 57 heavy (non-hydrogen) atoms. The van der Waals surface area contributed by atoms with Gasteiger partial charge in [-0.15, -0.1) is 0 Å². The number of pyridine rings is 4. The summed E-state index contributed by atoms with van der Waals surface area (Å²) in [4.78, 5) is 26.8. The Balaban J connectivity index is 0.000000173. The lowest BCUT2D eigenvalue weighted by molar-refractivity contribution is 0.112. The van der Waals surface area contributed by atoms with Gasteiger partial charge in [0, 0.05) is 46.7 Å². The highest BCUT2D eigenvalue weighted by atomic mass is 35.5. The molecule has 288 valence electrons. The normalized spacial score (nSPS) is 10.8. The lowest BCUT2D eigenvalue weighted by atomic mass is 9.96. The van der Waals surface area contributed by atoms with Crippen LogP contribution in [-0.2, 0) is 0 Å². The van der Waals surface area contributed by atoms with Gasteiger partial charge in [0.25, 0.3) is 0 Å². The molecule has 0 aliphatic carbocycles. The molecule has 0 aliphatic rings. The molecular formula is C44H36Cl4N6O3. The fraction of sp³-hybridized carbons (Fsp3) is 0.0682. The first-order chi connectivity index (χ1) is 27.5. The van der Waals surface area contributed by atoms with Crippen LogP contribution in [0.1, 0.15) is 38.7 Å². The predicted octanol–water partition coefficient (Wildman–Crippen LogP) is 11.9. The maximum absolute atomic E-state index is 11.0. The summed E-state index contributed by atoms with van der Waals surface area (Å²) < 4.78 is 0. The van der Waals surface area contributed by atoms with E-state index in [4.69, 9.17) is 52.1 Å². The number of nitrogens with two attached hydrogens (primary N) is 1. The fourth-order valence-electron chi connectivity index (χ4n) is 5.47. The fourth-order valence-corrected chi connectivity index (χ4v) is 6.24. The van der Waals surface area contributed by atoms with Crippen LogP contribution in [0, 0.1) is 13.8 Å². The van der Waals surface area contributed by atoms with Gasteiger partial charge in [-0.3, -0.25) is 14.8 Å². The Bertz CT molecular complexity index is 2610. The number of hydrogen-bond donors (Lipinski definition) is 4. The smallest absolute Gasteiger partial charge is 0.151 e. The van der Waals surface area contributed by atoms with Crippen molar-refractivity contribution in [2.24, 2.45) is 0 Å². The second kappa shape index (κ2) is 20.3. The zero-order valence-corrected chi connectivity index (χ0v) is 33.6. The number of nitrogens with one attached hydrogen (secondary N) is 1. The van der Waals surface area contributed by atoms with Crippen molar-refractivity contribution in [2.45, 2.75) is 19.9 Å². The lowest BCUT2D eigenvalue weighted by Crippen LogP contribution is -2.14. The summed E-state index contributed by atoms with van der Waals surface area (Å²) in [5.41, 5.74) is 10.6. The van der Waals surface area contributed by atoms with Gasteiger partial charge in [-0.25, -0.2) is 9.97 Å². The number of aldehydes is 1. The van der Waals surface area contributed by atoms with Crippen LogP contribution in [0.5, 0.6) is 11.5 Å². The molecule has 8 aromatic rings. The topological polar surface area (TPSA) is 147 Å². The number of para-hydroxylation sites is 1. The molecule has 0 spiro atoms. The van der Waals surface area contributed by atoms with Gasteiger partial charge < -0.3 is 21.3 Å². The third kappa shape index (κ3) is 11.3. The van der Waals surface area contributed by atoms with Crippen molar-refractivity contribution in [3.63, 3.8) is 0 Å². The summed E-state index contributed by atoms with van der Waals surface area (Å²) in [6.07, 6.45) is 7.43. The molecule has 5 N–H and O–H groups in total. The number of halogens is 4. The van der Waals surface area contributed by atoms with E-state index >= 15 is 0 Å². The van der Waals surface area contributed by atoms with Crippen LogP contribution in [0.2, 0.25) is 20.1 Å². The molecular weight excluding hydrogens is 802 g/mol. The number of anilines is 2. The van der Waals surface area contributed by atoms with Crippen LogP contribution in [-0.4, -0.2) is 36.4 Å². The quantitative estimate of drug-likeness (QED) is 0.124. The minimum Gasteiger partial charge on any atom is -0.506 e. The first-order valence-electron chi connectivity index (χ1n) is 17.3. The van der Waals surface area contributed by atoms with Gasteiger partial charge in [0.1, 0.15) is 34.2 Å². The van der Waals surface area contributed by atoms with Crippen LogP contribution in [0.25, 0.3) is 21.8 Å². The van der Waals surface area contributed by atoms with E-state index in [9.17, 15) is 15.0 Å². The first kappa shape index (κ1) is 42.2. The predicted molar refractivity (Wildman–Crippen MR) is 233 cm³/mol. The summed E-state index contributed by atoms with van der Waals surface area (Å²) in [6.45, 7) is 3.98. The molecule has 0 fully saturated rings. The molecule has 0 radical (unpaired) electrons. The zero-order chi connectivity index (χ0) is 40.9. The number of phenols is 2. The summed E-state index contributed by atoms with van der Waals surface area (Å²) in [5.74, 6) is 1.59. The van der Waals surface area contributed by atoms with Crippen LogP contribution in [0.4, 0.5) is 11.6 Å².